The summed E-state index contributed by atoms with van der Waals surface area (Å²) in [4.78, 5) is 17.1. The van der Waals surface area contributed by atoms with E-state index in [4.69, 9.17) is 16.6 Å². The van der Waals surface area contributed by atoms with Crippen LogP contribution in [0, 0.1) is 5.92 Å². The monoisotopic (exact) mass is 402 g/mol. The van der Waals surface area contributed by atoms with E-state index in [0.29, 0.717) is 13.0 Å². The average Bonchev–Trinajstić information content (AvgIpc) is 2.85. The largest absolute Gasteiger partial charge is 0.481 e. The molecule has 1 aromatic heterocycles. The molecule has 0 saturated carbocycles. The zero-order valence-corrected chi connectivity index (χ0v) is 18.1. The summed E-state index contributed by atoms with van der Waals surface area (Å²) in [6.45, 7) is 9.20. The molecule has 0 fully saturated rings. The van der Waals surface area contributed by atoms with Gasteiger partial charge in [0, 0.05) is 28.6 Å². The molecule has 1 aliphatic carbocycles. The Bertz CT molecular complexity index is 834. The number of aryl methyl sites for hydroxylation is 1. The van der Waals surface area contributed by atoms with Gasteiger partial charge in [-0.15, -0.1) is 0 Å². The number of nitrogens with zero attached hydrogens (tertiary/aromatic N) is 2. The van der Waals surface area contributed by atoms with Crippen LogP contribution in [0.25, 0.3) is 0 Å². The van der Waals surface area contributed by atoms with Gasteiger partial charge in [-0.1, -0.05) is 57.8 Å². The number of carboxylic acid groups (broad SMARTS) is 1. The van der Waals surface area contributed by atoms with E-state index in [0.717, 1.165) is 53.5 Å². The van der Waals surface area contributed by atoms with Crippen LogP contribution in [0.2, 0.25) is 5.02 Å². The number of benzene rings is 1. The van der Waals surface area contributed by atoms with Crippen LogP contribution in [-0.2, 0) is 23.2 Å². The van der Waals surface area contributed by atoms with Crippen molar-refractivity contribution in [2.24, 2.45) is 5.92 Å². The second-order valence-electron chi connectivity index (χ2n) is 8.94. The topological polar surface area (TPSA) is 55.1 Å². The fraction of sp³-hybridized carbons (Fsp3) is 0.565. The smallest absolute Gasteiger partial charge is 0.307 e. The van der Waals surface area contributed by atoms with Gasteiger partial charge in [-0.05, 0) is 43.4 Å². The lowest BCUT2D eigenvalue weighted by molar-refractivity contribution is -0.142. The number of aromatic nitrogens is 2. The summed E-state index contributed by atoms with van der Waals surface area (Å²) >= 11 is 6.07. The van der Waals surface area contributed by atoms with Gasteiger partial charge in [0.15, 0.2) is 0 Å². The molecule has 1 N–H and O–H groups in total. The van der Waals surface area contributed by atoms with E-state index in [9.17, 15) is 9.90 Å². The van der Waals surface area contributed by atoms with Gasteiger partial charge in [-0.3, -0.25) is 4.79 Å². The van der Waals surface area contributed by atoms with Crippen molar-refractivity contribution in [2.45, 2.75) is 77.7 Å². The summed E-state index contributed by atoms with van der Waals surface area (Å²) in [7, 11) is 0. The van der Waals surface area contributed by atoms with Crippen molar-refractivity contribution in [1.29, 1.82) is 0 Å². The first-order valence-corrected chi connectivity index (χ1v) is 10.7. The minimum atomic E-state index is -0.697. The van der Waals surface area contributed by atoms with Gasteiger partial charge in [0.2, 0.25) is 0 Å². The van der Waals surface area contributed by atoms with Crippen molar-refractivity contribution < 1.29 is 9.90 Å². The molecule has 4 nitrogen and oxygen atoms in total. The summed E-state index contributed by atoms with van der Waals surface area (Å²) in [5.74, 6) is -0.0160. The van der Waals surface area contributed by atoms with Crippen molar-refractivity contribution in [3.05, 3.63) is 52.1 Å². The summed E-state index contributed by atoms with van der Waals surface area (Å²) in [5, 5.41) is 10.6. The van der Waals surface area contributed by atoms with Crippen LogP contribution in [-0.4, -0.2) is 20.6 Å². The van der Waals surface area contributed by atoms with Crippen LogP contribution in [0.15, 0.2) is 24.3 Å². The van der Waals surface area contributed by atoms with E-state index in [1.807, 2.05) is 31.2 Å². The molecule has 1 aliphatic rings. The molecule has 0 bridgehead atoms. The second kappa shape index (κ2) is 8.28. The number of rotatable bonds is 5. The van der Waals surface area contributed by atoms with Gasteiger partial charge >= 0.3 is 5.97 Å². The maximum absolute atomic E-state index is 12.0. The number of carboxylic acids is 1. The predicted octanol–water partition coefficient (Wildman–Crippen LogP) is 5.80. The third-order valence-corrected chi connectivity index (χ3v) is 6.03. The van der Waals surface area contributed by atoms with E-state index in [1.165, 1.54) is 0 Å². The maximum atomic E-state index is 12.0. The minimum Gasteiger partial charge on any atom is -0.481 e. The molecule has 1 aromatic carbocycles. The number of carbonyl (C=O) groups is 1. The van der Waals surface area contributed by atoms with Gasteiger partial charge in [0.1, 0.15) is 5.82 Å². The van der Waals surface area contributed by atoms with Crippen molar-refractivity contribution in [2.75, 3.05) is 0 Å². The lowest BCUT2D eigenvalue weighted by Crippen LogP contribution is -2.26. The molecule has 5 heteroatoms. The normalized spacial score (nSPS) is 18.4. The van der Waals surface area contributed by atoms with Gasteiger partial charge in [-0.2, -0.15) is 0 Å². The third kappa shape index (κ3) is 4.27. The van der Waals surface area contributed by atoms with Crippen molar-refractivity contribution in [3.63, 3.8) is 0 Å². The van der Waals surface area contributed by atoms with Crippen LogP contribution in [0.1, 0.15) is 82.1 Å². The van der Waals surface area contributed by atoms with Gasteiger partial charge < -0.3 is 9.67 Å². The van der Waals surface area contributed by atoms with E-state index in [1.54, 1.807) is 0 Å². The van der Waals surface area contributed by atoms with E-state index in [-0.39, 0.29) is 17.3 Å². The van der Waals surface area contributed by atoms with Gasteiger partial charge in [0.05, 0.1) is 11.6 Å². The Kier molecular flexibility index (Phi) is 6.18. The number of imidazole rings is 1. The zero-order chi connectivity index (χ0) is 20.5. The van der Waals surface area contributed by atoms with Crippen LogP contribution in [0.4, 0.5) is 0 Å². The minimum absolute atomic E-state index is 0.0101. The molecule has 3 rings (SSSR count). The Morgan fingerprint density at radius 2 is 1.96 bits per heavy atom. The maximum Gasteiger partial charge on any atom is 0.307 e. The molecule has 0 aliphatic heterocycles. The molecule has 0 spiro atoms. The fourth-order valence-electron chi connectivity index (χ4n) is 4.43. The molecular weight excluding hydrogens is 372 g/mol. The van der Waals surface area contributed by atoms with Crippen LogP contribution >= 0.6 is 11.6 Å². The highest BCUT2D eigenvalue weighted by atomic mass is 35.5. The van der Waals surface area contributed by atoms with Crippen molar-refractivity contribution >= 4 is 17.6 Å². The first kappa shape index (κ1) is 20.9. The zero-order valence-electron chi connectivity index (χ0n) is 17.3. The van der Waals surface area contributed by atoms with Crippen molar-refractivity contribution in [3.8, 4) is 0 Å². The Morgan fingerprint density at radius 3 is 2.54 bits per heavy atom. The highest BCUT2D eigenvalue weighted by Crippen LogP contribution is 2.40. The Balaban J connectivity index is 2.16. The summed E-state index contributed by atoms with van der Waals surface area (Å²) in [6, 6.07) is 7.91. The lowest BCUT2D eigenvalue weighted by Gasteiger charge is -2.27. The van der Waals surface area contributed by atoms with Crippen LogP contribution < -0.4 is 0 Å². The molecule has 28 heavy (non-hydrogen) atoms. The SMILES string of the molecule is CCC(C(=O)O)C1CCCCc2nc(C(C)(C)C)n(Cc3ccc(Cl)cc3)c21. The predicted molar refractivity (Wildman–Crippen MR) is 113 cm³/mol. The molecular formula is C23H31ClN2O2. The Labute approximate surface area is 172 Å². The number of hydrogen-bond acceptors (Lipinski definition) is 2. The Morgan fingerprint density at radius 1 is 1.29 bits per heavy atom. The van der Waals surface area contributed by atoms with E-state index < -0.39 is 5.97 Å². The van der Waals surface area contributed by atoms with Gasteiger partial charge in [0.25, 0.3) is 0 Å². The van der Waals surface area contributed by atoms with E-state index in [2.05, 4.69) is 25.3 Å². The molecule has 2 atom stereocenters. The third-order valence-electron chi connectivity index (χ3n) is 5.78. The molecule has 0 saturated heterocycles. The number of halogens is 1. The molecule has 2 aromatic rings. The number of fused-ring (bicyclic) bond motifs is 1. The van der Waals surface area contributed by atoms with Crippen LogP contribution in [0.3, 0.4) is 0 Å². The number of hydrogen-bond donors (Lipinski definition) is 1. The molecule has 1 heterocycles. The summed E-state index contributed by atoms with van der Waals surface area (Å²) in [5.41, 5.74) is 3.28. The standard InChI is InChI=1S/C23H31ClN2O2/c1-5-17(21(27)28)18-8-6-7-9-19-20(18)26(22(25-19)23(2,3)4)14-15-10-12-16(24)13-11-15/h10-13,17-18H,5-9,14H2,1-4H3,(H,27,28). The fourth-order valence-corrected chi connectivity index (χ4v) is 4.56. The molecule has 0 amide bonds. The Hall–Kier alpha value is -1.81. The highest BCUT2D eigenvalue weighted by Gasteiger charge is 2.36. The number of aliphatic carboxylic acids is 1. The van der Waals surface area contributed by atoms with Crippen LogP contribution in [0.5, 0.6) is 0 Å². The quantitative estimate of drug-likeness (QED) is 0.642. The van der Waals surface area contributed by atoms with Gasteiger partial charge in [-0.25, -0.2) is 4.98 Å². The average molecular weight is 403 g/mol. The molecule has 152 valence electrons. The summed E-state index contributed by atoms with van der Waals surface area (Å²) < 4.78 is 2.31. The first-order chi connectivity index (χ1) is 13.2. The van der Waals surface area contributed by atoms with E-state index >= 15 is 0 Å². The molecule has 2 unspecified atom stereocenters. The van der Waals surface area contributed by atoms with Crippen molar-refractivity contribution in [1.82, 2.24) is 9.55 Å². The first-order valence-electron chi connectivity index (χ1n) is 10.3. The second-order valence-corrected chi connectivity index (χ2v) is 9.37. The molecule has 0 radical (unpaired) electrons. The summed E-state index contributed by atoms with van der Waals surface area (Å²) in [6.07, 6.45) is 4.60. The highest BCUT2D eigenvalue weighted by molar-refractivity contribution is 6.30. The lowest BCUT2D eigenvalue weighted by atomic mass is 9.84.